The first kappa shape index (κ1) is 16.6. The second-order valence-electron chi connectivity index (χ2n) is 7.47. The highest BCUT2D eigenvalue weighted by atomic mass is 79.9. The second-order valence-corrected chi connectivity index (χ2v) is 9.50. The fourth-order valence-corrected chi connectivity index (χ4v) is 6.38. The number of rotatable bonds is 1. The molecule has 0 bridgehead atoms. The lowest BCUT2D eigenvalue weighted by Crippen LogP contribution is -2.00. The van der Waals surface area contributed by atoms with E-state index in [-0.39, 0.29) is 0 Å². The molecule has 1 aliphatic heterocycles. The van der Waals surface area contributed by atoms with Crippen molar-refractivity contribution in [1.82, 2.24) is 0 Å². The normalized spacial score (nSPS) is 18.0. The van der Waals surface area contributed by atoms with Crippen molar-refractivity contribution >= 4 is 54.8 Å². The molecule has 0 aromatic heterocycles. The monoisotopic (exact) mass is 440 g/mol. The van der Waals surface area contributed by atoms with E-state index < -0.39 is 0 Å². The van der Waals surface area contributed by atoms with E-state index in [0.29, 0.717) is 5.92 Å². The van der Waals surface area contributed by atoms with Gasteiger partial charge in [-0.1, -0.05) is 88.4 Å². The minimum Gasteiger partial charge on any atom is -0.0935 e. The maximum atomic E-state index is 3.62. The molecule has 1 heterocycles. The van der Waals surface area contributed by atoms with E-state index in [0.717, 1.165) is 10.9 Å². The van der Waals surface area contributed by atoms with Crippen LogP contribution in [0.15, 0.2) is 99.2 Å². The lowest BCUT2D eigenvalue weighted by Gasteiger charge is -2.19. The van der Waals surface area contributed by atoms with E-state index in [2.05, 4.69) is 101 Å². The number of halogens is 1. The van der Waals surface area contributed by atoms with E-state index in [1.807, 2.05) is 11.8 Å². The van der Waals surface area contributed by atoms with Gasteiger partial charge in [0.15, 0.2) is 0 Å². The predicted octanol–water partition coefficient (Wildman–Crippen LogP) is 8.32. The van der Waals surface area contributed by atoms with Gasteiger partial charge in [0.1, 0.15) is 0 Å². The summed E-state index contributed by atoms with van der Waals surface area (Å²) >= 11 is 5.55. The van der Waals surface area contributed by atoms with Gasteiger partial charge in [-0.25, -0.2) is 0 Å². The molecule has 6 rings (SSSR count). The van der Waals surface area contributed by atoms with Crippen LogP contribution in [0.5, 0.6) is 0 Å². The van der Waals surface area contributed by atoms with Crippen molar-refractivity contribution in [3.8, 4) is 0 Å². The Morgan fingerprint density at radius 2 is 1.61 bits per heavy atom. The van der Waals surface area contributed by atoms with Crippen LogP contribution in [0.3, 0.4) is 0 Å². The Morgan fingerprint density at radius 3 is 2.50 bits per heavy atom. The summed E-state index contributed by atoms with van der Waals surface area (Å²) in [6.07, 6.45) is 5.93. The number of allylic oxidation sites excluding steroid dienone is 4. The van der Waals surface area contributed by atoms with Crippen molar-refractivity contribution in [2.75, 3.05) is 0 Å². The Hall–Kier alpha value is -2.29. The minimum absolute atomic E-state index is 0.517. The van der Waals surface area contributed by atoms with Gasteiger partial charge < -0.3 is 0 Å². The first-order valence-corrected chi connectivity index (χ1v) is 11.2. The molecule has 0 spiro atoms. The topological polar surface area (TPSA) is 0 Å². The Balaban J connectivity index is 1.52. The summed E-state index contributed by atoms with van der Waals surface area (Å²) in [5, 5.41) is 5.31. The highest BCUT2D eigenvalue weighted by Crippen LogP contribution is 2.54. The maximum absolute atomic E-state index is 3.62. The summed E-state index contributed by atoms with van der Waals surface area (Å²) in [5.41, 5.74) is 4.17. The third-order valence-corrected chi connectivity index (χ3v) is 7.58. The highest BCUT2D eigenvalue weighted by Gasteiger charge is 2.30. The quantitative estimate of drug-likeness (QED) is 0.268. The zero-order valence-corrected chi connectivity index (χ0v) is 17.6. The van der Waals surface area contributed by atoms with Crippen molar-refractivity contribution < 1.29 is 0 Å². The third kappa shape index (κ3) is 2.52. The van der Waals surface area contributed by atoms with Crippen molar-refractivity contribution in [2.24, 2.45) is 0 Å². The maximum Gasteiger partial charge on any atom is 0.0199 e. The van der Waals surface area contributed by atoms with Crippen LogP contribution in [-0.2, 0) is 0 Å². The highest BCUT2D eigenvalue weighted by molar-refractivity contribution is 9.10. The molecule has 1 atom stereocenters. The van der Waals surface area contributed by atoms with E-state index in [4.69, 9.17) is 0 Å². The molecule has 0 amide bonds. The van der Waals surface area contributed by atoms with Crippen LogP contribution in [0.25, 0.3) is 27.1 Å². The number of fused-ring (bicyclic) bond motifs is 6. The first-order valence-electron chi connectivity index (χ1n) is 9.58. The molecule has 28 heavy (non-hydrogen) atoms. The van der Waals surface area contributed by atoms with Crippen LogP contribution in [-0.4, -0.2) is 0 Å². The molecule has 0 nitrogen and oxygen atoms in total. The largest absolute Gasteiger partial charge is 0.0935 e. The van der Waals surface area contributed by atoms with Gasteiger partial charge in [-0.2, -0.15) is 0 Å². The summed E-state index contributed by atoms with van der Waals surface area (Å²) in [6, 6.07) is 26.6. The van der Waals surface area contributed by atoms with Crippen LogP contribution in [0.1, 0.15) is 23.5 Å². The lowest BCUT2D eigenvalue weighted by molar-refractivity contribution is 0.840. The van der Waals surface area contributed by atoms with Gasteiger partial charge in [-0.3, -0.25) is 0 Å². The second kappa shape index (κ2) is 6.37. The van der Waals surface area contributed by atoms with Gasteiger partial charge in [0, 0.05) is 15.3 Å². The molecule has 0 radical (unpaired) electrons. The molecule has 4 aromatic carbocycles. The summed E-state index contributed by atoms with van der Waals surface area (Å²) in [5.74, 6) is 0.517. The van der Waals surface area contributed by atoms with Crippen molar-refractivity contribution in [2.45, 2.75) is 17.2 Å². The molecule has 1 unspecified atom stereocenters. The summed E-state index contributed by atoms with van der Waals surface area (Å²) in [7, 11) is 0. The van der Waals surface area contributed by atoms with Crippen LogP contribution < -0.4 is 0 Å². The standard InChI is InChI=1S/C26H17BrS/c27-18-10-12-23-22-11-9-17(14-25(22)28-26(23)15-18)24-13-16-5-1-2-6-19(16)20-7-3-4-8-21(20)24/h1-10,12-15,22H,11H2. The Bertz CT molecular complexity index is 1330. The number of hydrogen-bond donors (Lipinski definition) is 0. The number of hydrogen-bond acceptors (Lipinski definition) is 1. The van der Waals surface area contributed by atoms with Gasteiger partial charge >= 0.3 is 0 Å². The van der Waals surface area contributed by atoms with Gasteiger partial charge in [-0.15, -0.1) is 0 Å². The van der Waals surface area contributed by atoms with Crippen LogP contribution >= 0.6 is 27.7 Å². The first-order chi connectivity index (χ1) is 13.8. The number of benzene rings is 4. The predicted molar refractivity (Wildman–Crippen MR) is 125 cm³/mol. The van der Waals surface area contributed by atoms with E-state index >= 15 is 0 Å². The molecular weight excluding hydrogens is 424 g/mol. The van der Waals surface area contributed by atoms with Crippen LogP contribution in [0.4, 0.5) is 0 Å². The molecule has 0 N–H and O–H groups in total. The molecule has 1 aliphatic carbocycles. The van der Waals surface area contributed by atoms with Crippen LogP contribution in [0, 0.1) is 0 Å². The van der Waals surface area contributed by atoms with Gasteiger partial charge in [0.25, 0.3) is 0 Å². The summed E-state index contributed by atoms with van der Waals surface area (Å²) in [4.78, 5) is 2.87. The Kier molecular flexibility index (Phi) is 3.78. The molecule has 2 heteroatoms. The molecule has 0 saturated carbocycles. The van der Waals surface area contributed by atoms with Crippen molar-refractivity contribution in [3.05, 3.63) is 105 Å². The van der Waals surface area contributed by atoms with Crippen LogP contribution in [0.2, 0.25) is 0 Å². The average Bonchev–Trinajstić information content (AvgIpc) is 3.09. The molecule has 0 saturated heterocycles. The Morgan fingerprint density at radius 1 is 0.821 bits per heavy atom. The van der Waals surface area contributed by atoms with E-state index in [1.54, 1.807) is 0 Å². The molecule has 0 fully saturated rings. The summed E-state index contributed by atoms with van der Waals surface area (Å²) in [6.45, 7) is 0. The summed E-state index contributed by atoms with van der Waals surface area (Å²) < 4.78 is 1.16. The molecule has 4 aromatic rings. The SMILES string of the molecule is Brc1ccc2c(c1)SC1=CC(c3cc4ccccc4c4ccccc34)=CCC12. The fourth-order valence-electron chi connectivity index (χ4n) is 4.55. The van der Waals surface area contributed by atoms with E-state index in [9.17, 15) is 0 Å². The minimum atomic E-state index is 0.517. The van der Waals surface area contributed by atoms with Gasteiger partial charge in [0.2, 0.25) is 0 Å². The zero-order valence-electron chi connectivity index (χ0n) is 15.2. The number of thioether (sulfide) groups is 1. The van der Waals surface area contributed by atoms with Crippen molar-refractivity contribution in [1.29, 1.82) is 0 Å². The lowest BCUT2D eigenvalue weighted by atomic mass is 9.86. The molecular formula is C26H17BrS. The smallest absolute Gasteiger partial charge is 0.0199 e. The fraction of sp³-hybridized carbons (Fsp3) is 0.0769. The molecule has 134 valence electrons. The zero-order chi connectivity index (χ0) is 18.7. The Labute approximate surface area is 177 Å². The van der Waals surface area contributed by atoms with E-state index in [1.165, 1.54) is 48.0 Å². The third-order valence-electron chi connectivity index (χ3n) is 5.87. The van der Waals surface area contributed by atoms with Gasteiger partial charge in [-0.05, 0) is 73.8 Å². The molecule has 2 aliphatic rings. The average molecular weight is 441 g/mol. The van der Waals surface area contributed by atoms with Crippen molar-refractivity contribution in [3.63, 3.8) is 0 Å². The van der Waals surface area contributed by atoms with Gasteiger partial charge in [0.05, 0.1) is 0 Å².